The zero-order chi connectivity index (χ0) is 7.56. The van der Waals surface area contributed by atoms with Gasteiger partial charge in [0.05, 0.1) is 0 Å². The molecule has 0 spiro atoms. The first-order valence-electron chi connectivity index (χ1n) is 3.55. The van der Waals surface area contributed by atoms with E-state index >= 15 is 0 Å². The number of thioether (sulfide) groups is 1. The second-order valence-electron chi connectivity index (χ2n) is 2.58. The maximum absolute atomic E-state index is 10.9. The van der Waals surface area contributed by atoms with Crippen molar-refractivity contribution in [2.24, 2.45) is 5.92 Å². The number of hydrogen-bond acceptors (Lipinski definition) is 2. The third kappa shape index (κ3) is 1.63. The van der Waals surface area contributed by atoms with E-state index in [9.17, 15) is 4.79 Å². The number of carbonyl (C=O) groups excluding carboxylic acids is 1. The summed E-state index contributed by atoms with van der Waals surface area (Å²) in [5.41, 5.74) is 0. The van der Waals surface area contributed by atoms with E-state index in [0.29, 0.717) is 0 Å². The zero-order valence-corrected chi connectivity index (χ0v) is 7.20. The number of hydrogen-bond donors (Lipinski definition) is 0. The van der Waals surface area contributed by atoms with Crippen molar-refractivity contribution in [3.05, 3.63) is 11.0 Å². The van der Waals surface area contributed by atoms with Gasteiger partial charge in [-0.3, -0.25) is 4.79 Å². The van der Waals surface area contributed by atoms with Crippen molar-refractivity contribution in [1.82, 2.24) is 0 Å². The smallest absolute Gasteiger partial charge is 0.137 e. The topological polar surface area (TPSA) is 17.1 Å². The summed E-state index contributed by atoms with van der Waals surface area (Å²) in [6.45, 7) is 3.64. The van der Waals surface area contributed by atoms with Crippen molar-refractivity contribution in [2.75, 3.05) is 5.75 Å². The van der Waals surface area contributed by atoms with Crippen LogP contribution in [0.25, 0.3) is 0 Å². The van der Waals surface area contributed by atoms with Gasteiger partial charge in [-0.2, -0.15) is 0 Å². The fourth-order valence-corrected chi connectivity index (χ4v) is 2.06. The molecule has 0 amide bonds. The molecule has 0 saturated carbocycles. The molecule has 1 aliphatic rings. The van der Waals surface area contributed by atoms with Crippen molar-refractivity contribution in [2.45, 2.75) is 20.3 Å². The molecule has 2 heteroatoms. The molecule has 0 saturated heterocycles. The van der Waals surface area contributed by atoms with Crippen LogP contribution in [0.5, 0.6) is 0 Å². The lowest BCUT2D eigenvalue weighted by Gasteiger charge is -2.06. The van der Waals surface area contributed by atoms with Crippen LogP contribution in [-0.4, -0.2) is 11.5 Å². The minimum atomic E-state index is 0.146. The highest BCUT2D eigenvalue weighted by Crippen LogP contribution is 2.31. The first kappa shape index (κ1) is 7.86. The minimum absolute atomic E-state index is 0.146. The van der Waals surface area contributed by atoms with E-state index in [1.54, 1.807) is 6.92 Å². The second kappa shape index (κ2) is 3.24. The van der Waals surface area contributed by atoms with E-state index in [1.807, 2.05) is 18.7 Å². The van der Waals surface area contributed by atoms with Gasteiger partial charge in [-0.05, 0) is 18.2 Å². The van der Waals surface area contributed by atoms with Crippen LogP contribution in [0.15, 0.2) is 11.0 Å². The SMILES string of the molecule is CC(=O)C(C)C1=CCCS1. The molecule has 1 heterocycles. The molecule has 0 aliphatic carbocycles. The summed E-state index contributed by atoms with van der Waals surface area (Å²) in [5.74, 6) is 1.58. The molecule has 0 N–H and O–H groups in total. The van der Waals surface area contributed by atoms with Crippen LogP contribution in [0, 0.1) is 5.92 Å². The molecule has 1 nitrogen and oxygen atoms in total. The van der Waals surface area contributed by atoms with Crippen LogP contribution >= 0.6 is 11.8 Å². The average Bonchev–Trinajstić information content (AvgIpc) is 2.36. The molecule has 0 aromatic heterocycles. The number of Topliss-reactive ketones (excluding diaryl/α,β-unsaturated/α-hetero) is 1. The summed E-state index contributed by atoms with van der Waals surface area (Å²) in [7, 11) is 0. The first-order valence-corrected chi connectivity index (χ1v) is 4.53. The van der Waals surface area contributed by atoms with Gasteiger partial charge >= 0.3 is 0 Å². The predicted octanol–water partition coefficient (Wildman–Crippen LogP) is 2.23. The molecule has 0 radical (unpaired) electrons. The summed E-state index contributed by atoms with van der Waals surface area (Å²) in [4.78, 5) is 12.1. The van der Waals surface area contributed by atoms with Gasteiger partial charge < -0.3 is 0 Å². The van der Waals surface area contributed by atoms with Crippen LogP contribution in [-0.2, 0) is 4.79 Å². The molecule has 1 unspecified atom stereocenters. The van der Waals surface area contributed by atoms with E-state index in [2.05, 4.69) is 6.08 Å². The predicted molar refractivity (Wildman–Crippen MR) is 45.0 cm³/mol. The molecule has 0 aromatic rings. The maximum Gasteiger partial charge on any atom is 0.137 e. The van der Waals surface area contributed by atoms with Gasteiger partial charge in [0.1, 0.15) is 5.78 Å². The zero-order valence-electron chi connectivity index (χ0n) is 6.39. The molecule has 1 aliphatic heterocycles. The molecule has 10 heavy (non-hydrogen) atoms. The van der Waals surface area contributed by atoms with Crippen LogP contribution in [0.2, 0.25) is 0 Å². The van der Waals surface area contributed by atoms with E-state index in [-0.39, 0.29) is 11.7 Å². The molecular weight excluding hydrogens is 144 g/mol. The van der Waals surface area contributed by atoms with Crippen molar-refractivity contribution < 1.29 is 4.79 Å². The minimum Gasteiger partial charge on any atom is -0.299 e. The van der Waals surface area contributed by atoms with Gasteiger partial charge in [0.2, 0.25) is 0 Å². The summed E-state index contributed by atoms with van der Waals surface area (Å²) >= 11 is 1.82. The lowest BCUT2D eigenvalue weighted by atomic mass is 10.1. The van der Waals surface area contributed by atoms with Crippen molar-refractivity contribution >= 4 is 17.5 Å². The number of allylic oxidation sites excluding steroid dienone is 2. The Morgan fingerprint density at radius 2 is 2.50 bits per heavy atom. The van der Waals surface area contributed by atoms with Crippen LogP contribution in [0.4, 0.5) is 0 Å². The highest BCUT2D eigenvalue weighted by molar-refractivity contribution is 8.03. The molecular formula is C8H12OS. The van der Waals surface area contributed by atoms with Gasteiger partial charge in [0.15, 0.2) is 0 Å². The van der Waals surface area contributed by atoms with Crippen molar-refractivity contribution in [1.29, 1.82) is 0 Å². The van der Waals surface area contributed by atoms with Gasteiger partial charge in [-0.15, -0.1) is 11.8 Å². The first-order chi connectivity index (χ1) is 4.72. The quantitative estimate of drug-likeness (QED) is 0.610. The van der Waals surface area contributed by atoms with Crippen LogP contribution < -0.4 is 0 Å². The lowest BCUT2D eigenvalue weighted by Crippen LogP contribution is -2.05. The Bertz CT molecular complexity index is 172. The molecule has 1 rings (SSSR count). The largest absolute Gasteiger partial charge is 0.299 e. The average molecular weight is 156 g/mol. The van der Waals surface area contributed by atoms with Crippen molar-refractivity contribution in [3.63, 3.8) is 0 Å². The van der Waals surface area contributed by atoms with E-state index in [1.165, 1.54) is 4.91 Å². The summed E-state index contributed by atoms with van der Waals surface area (Å²) in [5, 5.41) is 0. The second-order valence-corrected chi connectivity index (χ2v) is 3.74. The summed E-state index contributed by atoms with van der Waals surface area (Å²) < 4.78 is 0. The van der Waals surface area contributed by atoms with Gasteiger partial charge in [-0.25, -0.2) is 0 Å². The Morgan fingerprint density at radius 3 is 2.90 bits per heavy atom. The Morgan fingerprint density at radius 1 is 1.80 bits per heavy atom. The fourth-order valence-electron chi connectivity index (χ4n) is 0.939. The van der Waals surface area contributed by atoms with Crippen LogP contribution in [0.1, 0.15) is 20.3 Å². The van der Waals surface area contributed by atoms with E-state index < -0.39 is 0 Å². The van der Waals surface area contributed by atoms with Gasteiger partial charge in [0.25, 0.3) is 0 Å². The number of carbonyl (C=O) groups is 1. The van der Waals surface area contributed by atoms with Gasteiger partial charge in [-0.1, -0.05) is 13.0 Å². The third-order valence-corrected chi connectivity index (χ3v) is 3.06. The maximum atomic E-state index is 10.9. The highest BCUT2D eigenvalue weighted by Gasteiger charge is 2.16. The molecule has 0 fully saturated rings. The summed E-state index contributed by atoms with van der Waals surface area (Å²) in [6, 6.07) is 0. The van der Waals surface area contributed by atoms with Crippen molar-refractivity contribution in [3.8, 4) is 0 Å². The van der Waals surface area contributed by atoms with E-state index in [0.717, 1.165) is 12.2 Å². The molecule has 1 atom stereocenters. The highest BCUT2D eigenvalue weighted by atomic mass is 32.2. The fraction of sp³-hybridized carbons (Fsp3) is 0.625. The third-order valence-electron chi connectivity index (χ3n) is 1.77. The Labute approximate surface area is 65.9 Å². The Hall–Kier alpha value is -0.240. The Kier molecular flexibility index (Phi) is 2.55. The normalized spacial score (nSPS) is 20.4. The number of rotatable bonds is 2. The summed E-state index contributed by atoms with van der Waals surface area (Å²) in [6.07, 6.45) is 3.31. The monoisotopic (exact) mass is 156 g/mol. The molecule has 56 valence electrons. The number of ketones is 1. The van der Waals surface area contributed by atoms with Gasteiger partial charge in [0, 0.05) is 11.7 Å². The molecule has 0 bridgehead atoms. The lowest BCUT2D eigenvalue weighted by molar-refractivity contribution is -0.119. The standard InChI is InChI=1S/C8H12OS/c1-6(7(2)9)8-4-3-5-10-8/h4,6H,3,5H2,1-2H3. The molecule has 0 aromatic carbocycles. The Balaban J connectivity index is 2.55. The van der Waals surface area contributed by atoms with Crippen LogP contribution in [0.3, 0.4) is 0 Å². The van der Waals surface area contributed by atoms with E-state index in [4.69, 9.17) is 0 Å².